The second kappa shape index (κ2) is 9.01. The maximum atomic E-state index is 11.0. The molecule has 160 valence electrons. The Labute approximate surface area is 194 Å². The van der Waals surface area contributed by atoms with Crippen LogP contribution in [0, 0.1) is 0 Å². The van der Waals surface area contributed by atoms with Gasteiger partial charge in [-0.1, -0.05) is 72.8 Å². The van der Waals surface area contributed by atoms with Crippen molar-refractivity contribution in [1.82, 2.24) is 4.57 Å². The highest BCUT2D eigenvalue weighted by Gasteiger charge is 2.13. The number of rotatable bonds is 6. The van der Waals surface area contributed by atoms with Gasteiger partial charge in [0.25, 0.3) is 0 Å². The van der Waals surface area contributed by atoms with E-state index < -0.39 is 0 Å². The summed E-state index contributed by atoms with van der Waals surface area (Å²) in [4.78, 5) is 13.2. The van der Waals surface area contributed by atoms with Crippen LogP contribution in [0.3, 0.4) is 0 Å². The van der Waals surface area contributed by atoms with Crippen LogP contribution in [0.25, 0.3) is 22.5 Å². The molecule has 3 nitrogen and oxygen atoms in total. The van der Waals surface area contributed by atoms with Crippen molar-refractivity contribution in [3.8, 4) is 22.5 Å². The third-order valence-corrected chi connectivity index (χ3v) is 5.91. The minimum Gasteiger partial charge on any atom is -0.344 e. The normalized spacial score (nSPS) is 10.7. The third-order valence-electron chi connectivity index (χ3n) is 5.91. The van der Waals surface area contributed by atoms with Crippen molar-refractivity contribution in [1.29, 1.82) is 0 Å². The summed E-state index contributed by atoms with van der Waals surface area (Å²) in [5.41, 5.74) is 8.53. The largest absolute Gasteiger partial charge is 0.344 e. The van der Waals surface area contributed by atoms with Gasteiger partial charge in [0.05, 0.1) is 0 Å². The molecular formula is C30H24N2O. The van der Waals surface area contributed by atoms with Crippen molar-refractivity contribution in [2.45, 2.75) is 0 Å². The number of nitrogens with zero attached hydrogens (tertiary/aromatic N) is 2. The van der Waals surface area contributed by atoms with Gasteiger partial charge in [0.1, 0.15) is 6.29 Å². The van der Waals surface area contributed by atoms with Crippen molar-refractivity contribution in [2.75, 3.05) is 4.90 Å². The van der Waals surface area contributed by atoms with Gasteiger partial charge in [-0.3, -0.25) is 4.79 Å². The number of carbonyl (C=O) groups is 1. The molecule has 5 aromatic rings. The first-order valence-electron chi connectivity index (χ1n) is 11.0. The first-order chi connectivity index (χ1) is 16.2. The van der Waals surface area contributed by atoms with Crippen LogP contribution in [0.2, 0.25) is 0 Å². The second-order valence-electron chi connectivity index (χ2n) is 7.96. The minimum absolute atomic E-state index is 0.685. The Morgan fingerprint density at radius 1 is 0.545 bits per heavy atom. The van der Waals surface area contributed by atoms with Gasteiger partial charge in [-0.15, -0.1) is 0 Å². The molecule has 0 amide bonds. The van der Waals surface area contributed by atoms with Crippen LogP contribution >= 0.6 is 0 Å². The predicted octanol–water partition coefficient (Wildman–Crippen LogP) is 7.64. The number of para-hydroxylation sites is 2. The van der Waals surface area contributed by atoms with Gasteiger partial charge in [0, 0.05) is 41.1 Å². The molecule has 3 heteroatoms. The number of hydrogen-bond acceptors (Lipinski definition) is 2. The smallest absolute Gasteiger partial charge is 0.150 e. The summed E-state index contributed by atoms with van der Waals surface area (Å²) in [7, 11) is 2.08. The molecule has 0 unspecified atom stereocenters. The summed E-state index contributed by atoms with van der Waals surface area (Å²) in [6.07, 6.45) is 0.871. The highest BCUT2D eigenvalue weighted by Crippen LogP contribution is 2.36. The summed E-state index contributed by atoms with van der Waals surface area (Å²) in [6.45, 7) is 0. The fraction of sp³-hybridized carbons (Fsp3) is 0.0333. The van der Waals surface area contributed by atoms with Crippen LogP contribution < -0.4 is 4.90 Å². The molecule has 0 aliphatic heterocycles. The average Bonchev–Trinajstić information content (AvgIpc) is 3.27. The van der Waals surface area contributed by atoms with Crippen molar-refractivity contribution in [3.05, 3.63) is 127 Å². The van der Waals surface area contributed by atoms with E-state index in [1.165, 1.54) is 0 Å². The Kier molecular flexibility index (Phi) is 5.61. The van der Waals surface area contributed by atoms with Crippen LogP contribution in [0.1, 0.15) is 10.4 Å². The van der Waals surface area contributed by atoms with Crippen molar-refractivity contribution < 1.29 is 4.79 Å². The molecule has 0 spiro atoms. The van der Waals surface area contributed by atoms with Crippen molar-refractivity contribution >= 4 is 23.3 Å². The monoisotopic (exact) mass is 428 g/mol. The summed E-state index contributed by atoms with van der Waals surface area (Å²) in [6, 6.07) is 41.5. The molecule has 1 aromatic heterocycles. The van der Waals surface area contributed by atoms with Crippen LogP contribution in [-0.2, 0) is 7.05 Å². The number of hydrogen-bond donors (Lipinski definition) is 0. The molecular weight excluding hydrogens is 404 g/mol. The number of aldehydes is 1. The van der Waals surface area contributed by atoms with Crippen LogP contribution in [0.4, 0.5) is 17.1 Å². The van der Waals surface area contributed by atoms with Gasteiger partial charge in [-0.25, -0.2) is 0 Å². The van der Waals surface area contributed by atoms with E-state index in [9.17, 15) is 4.79 Å². The zero-order valence-electron chi connectivity index (χ0n) is 18.4. The molecule has 1 heterocycles. The molecule has 0 bridgehead atoms. The lowest BCUT2D eigenvalue weighted by molar-refractivity contribution is 0.112. The van der Waals surface area contributed by atoms with Crippen LogP contribution in [0.15, 0.2) is 121 Å². The Hall–Kier alpha value is -4.37. The minimum atomic E-state index is 0.685. The quantitative estimate of drug-likeness (QED) is 0.260. The molecule has 0 saturated heterocycles. The van der Waals surface area contributed by atoms with E-state index in [1.807, 2.05) is 36.4 Å². The van der Waals surface area contributed by atoms with Gasteiger partial charge in [-0.2, -0.15) is 0 Å². The number of benzene rings is 4. The standard InChI is InChI=1S/C30H24N2O/c1-31-29(24-14-12-23(22-33)13-15-24)20-21-30(31)25-16-18-28(19-17-25)32(26-8-4-2-5-9-26)27-10-6-3-7-11-27/h2-22H,1H3. The van der Waals surface area contributed by atoms with E-state index in [1.54, 1.807) is 0 Å². The molecule has 0 aliphatic rings. The fourth-order valence-electron chi connectivity index (χ4n) is 4.21. The van der Waals surface area contributed by atoms with E-state index in [4.69, 9.17) is 0 Å². The molecule has 0 aliphatic carbocycles. The average molecular weight is 429 g/mol. The molecule has 0 N–H and O–H groups in total. The van der Waals surface area contributed by atoms with E-state index in [-0.39, 0.29) is 0 Å². The third kappa shape index (κ3) is 4.09. The zero-order chi connectivity index (χ0) is 22.6. The van der Waals surface area contributed by atoms with Crippen molar-refractivity contribution in [3.63, 3.8) is 0 Å². The zero-order valence-corrected chi connectivity index (χ0v) is 18.4. The van der Waals surface area contributed by atoms with Gasteiger partial charge < -0.3 is 9.47 Å². The summed E-state index contributed by atoms with van der Waals surface area (Å²) >= 11 is 0. The van der Waals surface area contributed by atoms with Crippen LogP contribution in [-0.4, -0.2) is 10.9 Å². The van der Waals surface area contributed by atoms with Gasteiger partial charge in [-0.05, 0) is 59.7 Å². The molecule has 5 rings (SSSR count). The first kappa shape index (κ1) is 20.5. The highest BCUT2D eigenvalue weighted by molar-refractivity contribution is 5.79. The molecule has 0 atom stereocenters. The molecule has 4 aromatic carbocycles. The molecule has 0 fully saturated rings. The predicted molar refractivity (Wildman–Crippen MR) is 136 cm³/mol. The SMILES string of the molecule is Cn1c(-c2ccc(C=O)cc2)ccc1-c1ccc(N(c2ccccc2)c2ccccc2)cc1. The summed E-state index contributed by atoms with van der Waals surface area (Å²) < 4.78 is 2.19. The Bertz CT molecular complexity index is 1310. The Morgan fingerprint density at radius 2 is 0.970 bits per heavy atom. The van der Waals surface area contributed by atoms with E-state index in [2.05, 4.69) is 101 Å². The van der Waals surface area contributed by atoms with E-state index in [0.717, 1.165) is 45.9 Å². The van der Waals surface area contributed by atoms with E-state index >= 15 is 0 Å². The number of carbonyl (C=O) groups excluding carboxylic acids is 1. The van der Waals surface area contributed by atoms with Crippen molar-refractivity contribution in [2.24, 2.45) is 7.05 Å². The maximum Gasteiger partial charge on any atom is 0.150 e. The lowest BCUT2D eigenvalue weighted by Crippen LogP contribution is -2.09. The second-order valence-corrected chi connectivity index (χ2v) is 7.96. The number of anilines is 3. The van der Waals surface area contributed by atoms with E-state index in [0.29, 0.717) is 5.56 Å². The molecule has 33 heavy (non-hydrogen) atoms. The molecule has 0 radical (unpaired) electrons. The van der Waals surface area contributed by atoms with Gasteiger partial charge >= 0.3 is 0 Å². The highest BCUT2D eigenvalue weighted by atomic mass is 16.1. The Morgan fingerprint density at radius 3 is 1.42 bits per heavy atom. The topological polar surface area (TPSA) is 25.2 Å². The first-order valence-corrected chi connectivity index (χ1v) is 11.0. The van der Waals surface area contributed by atoms with Crippen LogP contribution in [0.5, 0.6) is 0 Å². The molecule has 0 saturated carbocycles. The number of aromatic nitrogens is 1. The Balaban J connectivity index is 1.49. The van der Waals surface area contributed by atoms with Gasteiger partial charge in [0.2, 0.25) is 0 Å². The summed E-state index contributed by atoms with van der Waals surface area (Å²) in [5, 5.41) is 0. The lowest BCUT2D eigenvalue weighted by Gasteiger charge is -2.25. The fourth-order valence-corrected chi connectivity index (χ4v) is 4.21. The summed E-state index contributed by atoms with van der Waals surface area (Å²) in [5.74, 6) is 0. The maximum absolute atomic E-state index is 11.0. The lowest BCUT2D eigenvalue weighted by atomic mass is 10.1. The van der Waals surface area contributed by atoms with Gasteiger partial charge in [0.15, 0.2) is 0 Å².